The molecule has 0 unspecified atom stereocenters. The monoisotopic (exact) mass is 332 g/mol. The van der Waals surface area contributed by atoms with Gasteiger partial charge in [-0.05, 0) is 30.7 Å². The number of hydrogen-bond donors (Lipinski definition) is 0. The number of esters is 2. The van der Waals surface area contributed by atoms with Crippen LogP contribution in [0.4, 0.5) is 17.6 Å². The zero-order valence-corrected chi connectivity index (χ0v) is 12.4. The number of rotatable bonds is 1. The number of carbonyl (C=O) groups is 2. The minimum atomic E-state index is -4.90. The molecule has 1 aromatic carbocycles. The molecule has 0 atom stereocenters. The molecular weight excluding hydrogens is 320 g/mol. The highest BCUT2D eigenvalue weighted by atomic mass is 19.4. The topological polar surface area (TPSA) is 52.6 Å². The lowest BCUT2D eigenvalue weighted by atomic mass is 10.0. The van der Waals surface area contributed by atoms with E-state index in [2.05, 4.69) is 0 Å². The van der Waals surface area contributed by atoms with E-state index in [-0.39, 0.29) is 5.56 Å². The van der Waals surface area contributed by atoms with Crippen molar-refractivity contribution in [1.29, 1.82) is 0 Å². The Labute approximate surface area is 128 Å². The van der Waals surface area contributed by atoms with Crippen molar-refractivity contribution >= 4 is 18.0 Å². The first-order chi connectivity index (χ1) is 10.4. The molecule has 4 nitrogen and oxygen atoms in total. The molecule has 1 saturated heterocycles. The molecule has 23 heavy (non-hydrogen) atoms. The van der Waals surface area contributed by atoms with E-state index in [1.54, 1.807) is 0 Å². The Morgan fingerprint density at radius 3 is 2.09 bits per heavy atom. The second kappa shape index (κ2) is 5.36. The third-order valence-corrected chi connectivity index (χ3v) is 2.97. The summed E-state index contributed by atoms with van der Waals surface area (Å²) in [5.74, 6) is -5.27. The zero-order valence-electron chi connectivity index (χ0n) is 12.4. The van der Waals surface area contributed by atoms with Crippen LogP contribution in [0.2, 0.25) is 0 Å². The van der Waals surface area contributed by atoms with Crippen molar-refractivity contribution in [2.24, 2.45) is 0 Å². The summed E-state index contributed by atoms with van der Waals surface area (Å²) in [6.07, 6.45) is -4.21. The molecule has 1 fully saturated rings. The highest BCUT2D eigenvalue weighted by Crippen LogP contribution is 2.34. The average Bonchev–Trinajstić information content (AvgIpc) is 2.34. The summed E-state index contributed by atoms with van der Waals surface area (Å²) in [5.41, 5.74) is -2.60. The Hall–Kier alpha value is -2.38. The molecule has 1 aliphatic rings. The highest BCUT2D eigenvalue weighted by molar-refractivity contribution is 6.18. The van der Waals surface area contributed by atoms with E-state index in [0.717, 1.165) is 6.07 Å². The molecule has 0 aliphatic carbocycles. The molecule has 0 saturated carbocycles. The molecule has 2 rings (SSSR count). The summed E-state index contributed by atoms with van der Waals surface area (Å²) < 4.78 is 62.0. The van der Waals surface area contributed by atoms with Crippen LogP contribution in [0.25, 0.3) is 6.08 Å². The molecule has 0 bridgehead atoms. The summed E-state index contributed by atoms with van der Waals surface area (Å²) in [4.78, 5) is 23.5. The van der Waals surface area contributed by atoms with Gasteiger partial charge in [0.15, 0.2) is 0 Å². The van der Waals surface area contributed by atoms with Gasteiger partial charge in [-0.3, -0.25) is 0 Å². The highest BCUT2D eigenvalue weighted by Gasteiger charge is 2.40. The Morgan fingerprint density at radius 1 is 1.09 bits per heavy atom. The minimum Gasteiger partial charge on any atom is -0.419 e. The van der Waals surface area contributed by atoms with E-state index < -0.39 is 46.4 Å². The number of ether oxygens (including phenoxy) is 2. The fraction of sp³-hybridized carbons (Fsp3) is 0.333. The van der Waals surface area contributed by atoms with Gasteiger partial charge in [0.2, 0.25) is 0 Å². The number of carbonyl (C=O) groups excluding carboxylic acids is 2. The number of alkyl halides is 3. The van der Waals surface area contributed by atoms with Crippen LogP contribution in [0.3, 0.4) is 0 Å². The van der Waals surface area contributed by atoms with Gasteiger partial charge in [0.1, 0.15) is 11.4 Å². The van der Waals surface area contributed by atoms with E-state index in [0.29, 0.717) is 12.1 Å². The standard InChI is InChI=1S/C15H12F4O4/c1-7-4-8(11(16)10(5-7)15(17,18)19)6-9-12(20)22-14(2,3)23-13(9)21/h4-6H,1-3H3. The molecule has 0 spiro atoms. The van der Waals surface area contributed by atoms with Gasteiger partial charge in [-0.2, -0.15) is 13.2 Å². The summed E-state index contributed by atoms with van der Waals surface area (Å²) in [6, 6.07) is 1.72. The van der Waals surface area contributed by atoms with Crippen molar-refractivity contribution in [3.63, 3.8) is 0 Å². The maximum Gasteiger partial charge on any atom is 0.419 e. The van der Waals surface area contributed by atoms with Crippen LogP contribution in [0.5, 0.6) is 0 Å². The summed E-state index contributed by atoms with van der Waals surface area (Å²) in [6.45, 7) is 3.96. The van der Waals surface area contributed by atoms with Crippen molar-refractivity contribution in [2.75, 3.05) is 0 Å². The van der Waals surface area contributed by atoms with Crippen LogP contribution in [-0.2, 0) is 25.2 Å². The van der Waals surface area contributed by atoms with Crippen molar-refractivity contribution in [2.45, 2.75) is 32.7 Å². The van der Waals surface area contributed by atoms with Crippen LogP contribution in [-0.4, -0.2) is 17.7 Å². The van der Waals surface area contributed by atoms with Crippen LogP contribution < -0.4 is 0 Å². The average molecular weight is 332 g/mol. The van der Waals surface area contributed by atoms with Crippen molar-refractivity contribution in [3.8, 4) is 0 Å². The van der Waals surface area contributed by atoms with Crippen LogP contribution >= 0.6 is 0 Å². The Balaban J connectivity index is 2.54. The van der Waals surface area contributed by atoms with Gasteiger partial charge in [-0.25, -0.2) is 14.0 Å². The van der Waals surface area contributed by atoms with E-state index in [4.69, 9.17) is 9.47 Å². The Bertz CT molecular complexity index is 695. The van der Waals surface area contributed by atoms with Gasteiger partial charge in [0.25, 0.3) is 5.79 Å². The van der Waals surface area contributed by atoms with Gasteiger partial charge in [0.05, 0.1) is 5.56 Å². The number of aryl methyl sites for hydroxylation is 1. The number of hydrogen-bond acceptors (Lipinski definition) is 4. The van der Waals surface area contributed by atoms with Crippen molar-refractivity contribution in [1.82, 2.24) is 0 Å². The minimum absolute atomic E-state index is 0.114. The fourth-order valence-electron chi connectivity index (χ4n) is 2.04. The second-order valence-corrected chi connectivity index (χ2v) is 5.45. The largest absolute Gasteiger partial charge is 0.419 e. The first-order valence-corrected chi connectivity index (χ1v) is 6.46. The molecule has 8 heteroatoms. The van der Waals surface area contributed by atoms with E-state index in [1.165, 1.54) is 20.8 Å². The molecule has 124 valence electrons. The first kappa shape index (κ1) is 17.0. The lowest BCUT2D eigenvalue weighted by Crippen LogP contribution is -2.41. The third-order valence-electron chi connectivity index (χ3n) is 2.97. The normalized spacial score (nSPS) is 17.6. The predicted octanol–water partition coefficient (Wildman–Crippen LogP) is 3.37. The lowest BCUT2D eigenvalue weighted by Gasteiger charge is -2.29. The zero-order chi connectivity index (χ0) is 17.6. The molecule has 0 amide bonds. The summed E-state index contributed by atoms with van der Waals surface area (Å²) in [5, 5.41) is 0. The van der Waals surface area contributed by atoms with Gasteiger partial charge in [-0.1, -0.05) is 0 Å². The maximum atomic E-state index is 14.0. The predicted molar refractivity (Wildman–Crippen MR) is 70.4 cm³/mol. The SMILES string of the molecule is Cc1cc(C=C2C(=O)OC(C)(C)OC2=O)c(F)c(C(F)(F)F)c1. The smallest absolute Gasteiger partial charge is 0.419 e. The van der Waals surface area contributed by atoms with E-state index in [9.17, 15) is 27.2 Å². The van der Waals surface area contributed by atoms with Gasteiger partial charge in [0, 0.05) is 19.4 Å². The van der Waals surface area contributed by atoms with Gasteiger partial charge < -0.3 is 9.47 Å². The molecule has 1 aromatic rings. The molecule has 0 aromatic heterocycles. The lowest BCUT2D eigenvalue weighted by molar-refractivity contribution is -0.222. The van der Waals surface area contributed by atoms with Crippen molar-refractivity contribution in [3.05, 3.63) is 40.2 Å². The molecule has 1 aliphatic heterocycles. The molecule has 0 N–H and O–H groups in total. The number of benzene rings is 1. The van der Waals surface area contributed by atoms with Crippen LogP contribution in [0, 0.1) is 12.7 Å². The summed E-state index contributed by atoms with van der Waals surface area (Å²) >= 11 is 0. The van der Waals surface area contributed by atoms with Crippen LogP contribution in [0.15, 0.2) is 17.7 Å². The quantitative estimate of drug-likeness (QED) is 0.342. The number of cyclic esters (lactones) is 2. The fourth-order valence-corrected chi connectivity index (χ4v) is 2.04. The van der Waals surface area contributed by atoms with Gasteiger partial charge >= 0.3 is 18.1 Å². The van der Waals surface area contributed by atoms with Gasteiger partial charge in [-0.15, -0.1) is 0 Å². The Kier molecular flexibility index (Phi) is 3.96. The Morgan fingerprint density at radius 2 is 1.61 bits per heavy atom. The third kappa shape index (κ3) is 3.52. The molecular formula is C15H12F4O4. The summed E-state index contributed by atoms with van der Waals surface area (Å²) in [7, 11) is 0. The second-order valence-electron chi connectivity index (χ2n) is 5.45. The molecule has 1 heterocycles. The number of halogens is 4. The molecule has 0 radical (unpaired) electrons. The maximum absolute atomic E-state index is 14.0. The van der Waals surface area contributed by atoms with Crippen molar-refractivity contribution < 1.29 is 36.6 Å². The van der Waals surface area contributed by atoms with Crippen LogP contribution in [0.1, 0.15) is 30.5 Å². The van der Waals surface area contributed by atoms with E-state index in [1.807, 2.05) is 0 Å². The van der Waals surface area contributed by atoms with E-state index >= 15 is 0 Å². The first-order valence-electron chi connectivity index (χ1n) is 6.46.